The number of carbonyl (C=O) groups is 1. The van der Waals surface area contributed by atoms with Gasteiger partial charge in [0.1, 0.15) is 12.8 Å². The number of ketones is 1. The van der Waals surface area contributed by atoms with E-state index >= 15 is 0 Å². The average Bonchev–Trinajstić information content (AvgIpc) is 3.85. The Balaban J connectivity index is 1.25. The van der Waals surface area contributed by atoms with E-state index in [0.29, 0.717) is 24.5 Å². The molecule has 8 nitrogen and oxygen atoms in total. The van der Waals surface area contributed by atoms with E-state index in [1.807, 2.05) is 180 Å². The molecule has 0 amide bonds. The molecule has 1 aliphatic carbocycles. The van der Waals surface area contributed by atoms with E-state index in [9.17, 15) is 9.90 Å². The predicted octanol–water partition coefficient (Wildman–Crippen LogP) is 10.1. The van der Waals surface area contributed by atoms with E-state index in [4.69, 9.17) is 10.2 Å². The van der Waals surface area contributed by atoms with Crippen molar-refractivity contribution in [2.75, 3.05) is 16.6 Å². The summed E-state index contributed by atoms with van der Waals surface area (Å²) in [6, 6.07) is 43.7. The molecule has 0 atom stereocenters. The summed E-state index contributed by atoms with van der Waals surface area (Å²) in [7, 11) is 0. The van der Waals surface area contributed by atoms with Crippen molar-refractivity contribution in [3.63, 3.8) is 0 Å². The van der Waals surface area contributed by atoms with Crippen LogP contribution in [0.5, 0.6) is 0 Å². The van der Waals surface area contributed by atoms with Crippen molar-refractivity contribution in [1.82, 2.24) is 4.57 Å². The maximum atomic E-state index is 14.3. The topological polar surface area (TPSA) is 79.3 Å². The molecule has 290 valence electrons. The molecule has 58 heavy (non-hydrogen) atoms. The van der Waals surface area contributed by atoms with Crippen LogP contribution in [0.1, 0.15) is 49.9 Å². The zero-order valence-electron chi connectivity index (χ0n) is 32.7. The van der Waals surface area contributed by atoms with Crippen molar-refractivity contribution in [3.05, 3.63) is 199 Å². The third kappa shape index (κ3) is 8.82. The highest BCUT2D eigenvalue weighted by atomic mass is 16.3. The first-order valence-electron chi connectivity index (χ1n) is 19.9. The summed E-state index contributed by atoms with van der Waals surface area (Å²) in [5, 5.41) is 27.9. The van der Waals surface area contributed by atoms with Crippen LogP contribution in [0, 0.1) is 0 Å². The lowest BCUT2D eigenvalue weighted by atomic mass is 9.84. The molecular formula is C50H48N6O2. The number of Topliss-reactive ketones (excluding diaryl/α,β-unsaturated/α-hetero) is 1. The van der Waals surface area contributed by atoms with E-state index in [-0.39, 0.29) is 22.7 Å². The van der Waals surface area contributed by atoms with Gasteiger partial charge < -0.3 is 9.67 Å². The third-order valence-electron chi connectivity index (χ3n) is 10.1. The SMILES string of the molecule is C=CCCCCn1c(/C=N/N(c2ccccc2)c2ccccc2)ccc1C1=C([O-])/C(=C2/C=CC(/C=N/N(c3ccccc3)c3ccccc3)=[N+]2CCCCC=C)C1=O. The van der Waals surface area contributed by atoms with Crippen LogP contribution in [0.3, 0.4) is 0 Å². The molecule has 1 aliphatic heterocycles. The number of hydrazone groups is 2. The molecule has 2 aliphatic rings. The van der Waals surface area contributed by atoms with Crippen molar-refractivity contribution in [2.24, 2.45) is 10.2 Å². The second-order valence-corrected chi connectivity index (χ2v) is 14.0. The number of anilines is 4. The van der Waals surface area contributed by atoms with Crippen molar-refractivity contribution in [3.8, 4) is 0 Å². The molecule has 0 radical (unpaired) electrons. The second-order valence-electron chi connectivity index (χ2n) is 14.0. The number of para-hydroxylation sites is 4. The average molecular weight is 765 g/mol. The van der Waals surface area contributed by atoms with Crippen LogP contribution in [-0.4, -0.2) is 39.6 Å². The Morgan fingerprint density at radius 3 is 1.60 bits per heavy atom. The van der Waals surface area contributed by atoms with E-state index in [1.165, 1.54) is 0 Å². The Morgan fingerprint density at radius 2 is 1.10 bits per heavy atom. The van der Waals surface area contributed by atoms with Gasteiger partial charge in [-0.25, -0.2) is 10.0 Å². The van der Waals surface area contributed by atoms with Crippen LogP contribution >= 0.6 is 0 Å². The third-order valence-corrected chi connectivity index (χ3v) is 10.1. The second kappa shape index (κ2) is 19.2. The van der Waals surface area contributed by atoms with Gasteiger partial charge in [0.2, 0.25) is 17.2 Å². The van der Waals surface area contributed by atoms with Gasteiger partial charge in [0, 0.05) is 30.7 Å². The van der Waals surface area contributed by atoms with Gasteiger partial charge in [0.05, 0.1) is 45.9 Å². The largest absolute Gasteiger partial charge is 0.871 e. The minimum Gasteiger partial charge on any atom is -0.871 e. The normalized spacial score (nSPS) is 15.1. The summed E-state index contributed by atoms with van der Waals surface area (Å²) >= 11 is 0. The first kappa shape index (κ1) is 39.2. The predicted molar refractivity (Wildman–Crippen MR) is 237 cm³/mol. The lowest BCUT2D eigenvalue weighted by molar-refractivity contribution is -0.468. The number of carbonyl (C=O) groups excluding carboxylic acids is 1. The van der Waals surface area contributed by atoms with E-state index in [2.05, 4.69) is 22.3 Å². The summed E-state index contributed by atoms with van der Waals surface area (Å²) in [6.45, 7) is 9.00. The quantitative estimate of drug-likeness (QED) is 0.0210. The van der Waals surface area contributed by atoms with Crippen LogP contribution in [0.15, 0.2) is 198 Å². The maximum Gasteiger partial charge on any atom is 0.226 e. The van der Waals surface area contributed by atoms with Crippen LogP contribution in [0.2, 0.25) is 0 Å². The molecule has 0 bridgehead atoms. The molecular weight excluding hydrogens is 717 g/mol. The molecule has 7 rings (SSSR count). The molecule has 0 spiro atoms. The van der Waals surface area contributed by atoms with E-state index in [1.54, 1.807) is 0 Å². The number of rotatable bonds is 19. The standard InChI is InChI=1S/C50H48N6O2/c1-3-5-7-21-35-53-43(37-51-55(39-23-13-9-14-24-39)40-25-15-10-16-26-40)31-33-45(53)47-49(57)48(50(47)58)46-34-32-44(54(46)36-22-8-6-4-2)38-52-56(41-27-17-11-18-28-41)42-29-19-12-20-30-42/h3-4,9-20,23-34,37-38H,1-2,5-8,21-22,35-36H2. The van der Waals surface area contributed by atoms with Gasteiger partial charge in [-0.1, -0.05) is 90.7 Å². The van der Waals surface area contributed by atoms with Crippen LogP contribution < -0.4 is 15.1 Å². The first-order valence-corrected chi connectivity index (χ1v) is 19.9. The van der Waals surface area contributed by atoms with Gasteiger partial charge in [-0.15, -0.1) is 13.2 Å². The number of nitrogens with zero attached hydrogens (tertiary/aromatic N) is 6. The fraction of sp³-hybridized carbons (Fsp3) is 0.160. The zero-order chi connectivity index (χ0) is 40.1. The summed E-state index contributed by atoms with van der Waals surface area (Å²) in [6.07, 6.45) is 16.6. The molecule has 2 heterocycles. The summed E-state index contributed by atoms with van der Waals surface area (Å²) in [4.78, 5) is 14.3. The molecule has 0 saturated carbocycles. The first-order chi connectivity index (χ1) is 28.6. The number of aromatic nitrogens is 1. The minimum atomic E-state index is -0.252. The van der Waals surface area contributed by atoms with Crippen molar-refractivity contribution in [2.45, 2.75) is 45.1 Å². The highest BCUT2D eigenvalue weighted by Crippen LogP contribution is 2.39. The molecule has 0 unspecified atom stereocenters. The Bertz CT molecular complexity index is 2330. The van der Waals surface area contributed by atoms with E-state index < -0.39 is 0 Å². The van der Waals surface area contributed by atoms with Crippen molar-refractivity contribution >= 4 is 52.2 Å². The lowest BCUT2D eigenvalue weighted by Crippen LogP contribution is -2.33. The Morgan fingerprint density at radius 1 is 0.603 bits per heavy atom. The molecule has 0 N–H and O–H groups in total. The van der Waals surface area contributed by atoms with Gasteiger partial charge >= 0.3 is 0 Å². The zero-order valence-corrected chi connectivity index (χ0v) is 32.7. The maximum absolute atomic E-state index is 14.3. The minimum absolute atomic E-state index is 0.204. The molecule has 5 aromatic rings. The molecule has 4 aromatic carbocycles. The van der Waals surface area contributed by atoms with Crippen LogP contribution in [-0.2, 0) is 11.3 Å². The summed E-state index contributed by atoms with van der Waals surface area (Å²) in [5.74, 6) is -0.503. The summed E-state index contributed by atoms with van der Waals surface area (Å²) < 4.78 is 4.10. The number of hydrogen-bond donors (Lipinski definition) is 0. The van der Waals surface area contributed by atoms with Crippen LogP contribution in [0.25, 0.3) is 5.57 Å². The molecule has 0 fully saturated rings. The summed E-state index contributed by atoms with van der Waals surface area (Å²) in [5.41, 5.74) is 6.89. The van der Waals surface area contributed by atoms with Gasteiger partial charge in [0.15, 0.2) is 0 Å². The van der Waals surface area contributed by atoms with Gasteiger partial charge in [-0.2, -0.15) is 14.8 Å². The molecule has 1 aromatic heterocycles. The van der Waals surface area contributed by atoms with Crippen LogP contribution in [0.4, 0.5) is 22.7 Å². The lowest BCUT2D eigenvalue weighted by Gasteiger charge is -2.31. The Hall–Kier alpha value is -7.06. The fourth-order valence-corrected chi connectivity index (χ4v) is 7.18. The van der Waals surface area contributed by atoms with Gasteiger partial charge in [0.25, 0.3) is 0 Å². The molecule has 0 saturated heterocycles. The Labute approximate surface area is 341 Å². The van der Waals surface area contributed by atoms with Crippen molar-refractivity contribution in [1.29, 1.82) is 0 Å². The number of unbranched alkanes of at least 4 members (excludes halogenated alkanes) is 4. The fourth-order valence-electron chi connectivity index (χ4n) is 7.18. The van der Waals surface area contributed by atoms with E-state index in [0.717, 1.165) is 72.7 Å². The number of allylic oxidation sites excluding steroid dienone is 6. The highest BCUT2D eigenvalue weighted by molar-refractivity contribution is 6.39. The molecule has 8 heteroatoms. The van der Waals surface area contributed by atoms with Gasteiger partial charge in [-0.05, 0) is 92.8 Å². The highest BCUT2D eigenvalue weighted by Gasteiger charge is 2.38. The number of hydrogen-bond acceptors (Lipinski definition) is 6. The van der Waals surface area contributed by atoms with Crippen molar-refractivity contribution < 1.29 is 14.5 Å². The number of benzene rings is 4. The monoisotopic (exact) mass is 764 g/mol. The smallest absolute Gasteiger partial charge is 0.226 e. The Kier molecular flexibility index (Phi) is 13.0. The van der Waals surface area contributed by atoms with Gasteiger partial charge in [-0.3, -0.25) is 4.79 Å².